The summed E-state index contributed by atoms with van der Waals surface area (Å²) in [5.74, 6) is -0.542. The van der Waals surface area contributed by atoms with Crippen LogP contribution in [0.2, 0.25) is 0 Å². The number of benzene rings is 2. The summed E-state index contributed by atoms with van der Waals surface area (Å²) >= 11 is 1.54. The van der Waals surface area contributed by atoms with Gasteiger partial charge < -0.3 is 9.80 Å². The third kappa shape index (κ3) is 4.36. The minimum Gasteiger partial charge on any atom is -0.370 e. The molecule has 3 amide bonds. The first-order valence-corrected chi connectivity index (χ1v) is 12.9. The molecule has 6 nitrogen and oxygen atoms in total. The highest BCUT2D eigenvalue weighted by atomic mass is 32.1. The predicted octanol–water partition coefficient (Wildman–Crippen LogP) is 4.98. The van der Waals surface area contributed by atoms with Crippen LogP contribution < -0.4 is 4.90 Å². The van der Waals surface area contributed by atoms with E-state index in [2.05, 4.69) is 4.90 Å². The fraction of sp³-hybridized carbons (Fsp3) is 0.321. The van der Waals surface area contributed by atoms with E-state index in [4.69, 9.17) is 0 Å². The highest BCUT2D eigenvalue weighted by Crippen LogP contribution is 2.38. The number of piperidine rings is 1. The molecule has 3 aromatic rings. The quantitative estimate of drug-likeness (QED) is 0.460. The Morgan fingerprint density at radius 3 is 2.60 bits per heavy atom. The number of imide groups is 1. The summed E-state index contributed by atoms with van der Waals surface area (Å²) in [7, 11) is 1.85. The van der Waals surface area contributed by atoms with Gasteiger partial charge in [-0.1, -0.05) is 42.5 Å². The lowest BCUT2D eigenvalue weighted by atomic mass is 9.94. The number of thiophene rings is 1. The maximum Gasteiger partial charge on any atom is 0.264 e. The number of rotatable bonds is 6. The molecular weight excluding hydrogens is 458 g/mol. The Morgan fingerprint density at radius 1 is 1.06 bits per heavy atom. The fourth-order valence-corrected chi connectivity index (χ4v) is 5.98. The van der Waals surface area contributed by atoms with Crippen molar-refractivity contribution >= 4 is 34.7 Å². The Morgan fingerprint density at radius 2 is 1.86 bits per heavy atom. The highest BCUT2D eigenvalue weighted by Gasteiger charge is 2.42. The minimum absolute atomic E-state index is 0.112. The number of hydrogen-bond donors (Lipinski definition) is 0. The van der Waals surface area contributed by atoms with Crippen LogP contribution in [0.25, 0.3) is 0 Å². The van der Waals surface area contributed by atoms with E-state index >= 15 is 0 Å². The lowest BCUT2D eigenvalue weighted by molar-refractivity contribution is -0.135. The topological polar surface area (TPSA) is 60.9 Å². The van der Waals surface area contributed by atoms with E-state index in [0.717, 1.165) is 35.5 Å². The molecule has 0 spiro atoms. The van der Waals surface area contributed by atoms with Crippen LogP contribution in [-0.2, 0) is 11.3 Å². The van der Waals surface area contributed by atoms with E-state index in [1.54, 1.807) is 22.3 Å². The second kappa shape index (κ2) is 9.66. The lowest BCUT2D eigenvalue weighted by Gasteiger charge is -2.36. The molecule has 2 aliphatic heterocycles. The van der Waals surface area contributed by atoms with Gasteiger partial charge in [-0.2, -0.15) is 0 Å². The summed E-state index contributed by atoms with van der Waals surface area (Å²) in [5, 5.41) is 1.95. The highest BCUT2D eigenvalue weighted by molar-refractivity contribution is 7.10. The van der Waals surface area contributed by atoms with Crippen molar-refractivity contribution in [1.82, 2.24) is 9.80 Å². The maximum absolute atomic E-state index is 13.5. The summed E-state index contributed by atoms with van der Waals surface area (Å²) < 4.78 is 0. The van der Waals surface area contributed by atoms with E-state index in [0.29, 0.717) is 24.2 Å². The van der Waals surface area contributed by atoms with Gasteiger partial charge in [-0.05, 0) is 48.9 Å². The molecule has 1 saturated heterocycles. The van der Waals surface area contributed by atoms with Crippen LogP contribution in [0.5, 0.6) is 0 Å². The number of anilines is 1. The second-order valence-electron chi connectivity index (χ2n) is 9.34. The van der Waals surface area contributed by atoms with Crippen LogP contribution in [0, 0.1) is 5.92 Å². The summed E-state index contributed by atoms with van der Waals surface area (Å²) in [4.78, 5) is 46.3. The van der Waals surface area contributed by atoms with Gasteiger partial charge >= 0.3 is 0 Å². The molecule has 2 atom stereocenters. The van der Waals surface area contributed by atoms with Crippen LogP contribution in [0.1, 0.15) is 57.0 Å². The molecule has 5 rings (SSSR count). The molecule has 0 bridgehead atoms. The Kier molecular flexibility index (Phi) is 6.43. The van der Waals surface area contributed by atoms with Crippen LogP contribution >= 0.6 is 11.3 Å². The smallest absolute Gasteiger partial charge is 0.264 e. The molecule has 7 heteroatoms. The van der Waals surface area contributed by atoms with Gasteiger partial charge in [0.1, 0.15) is 0 Å². The van der Waals surface area contributed by atoms with Gasteiger partial charge in [0.2, 0.25) is 5.91 Å². The summed E-state index contributed by atoms with van der Waals surface area (Å²) in [5.41, 5.74) is 2.77. The standard InChI is InChI=1S/C28H29N3O3S/c1-19(24-14-8-16-35-24)31-27(33)22-12-6-13-23(25(22)28(31)34)30-15-7-11-21(18-30)26(32)29(2)17-20-9-4-3-5-10-20/h3-6,8-10,12-14,16,19,21H,7,11,15,17-18H2,1-2H3/t19-,21-/m0/s1. The van der Waals surface area contributed by atoms with Crippen LogP contribution in [0.3, 0.4) is 0 Å². The number of carbonyl (C=O) groups is 3. The molecule has 2 aromatic carbocycles. The molecule has 1 aromatic heterocycles. The van der Waals surface area contributed by atoms with E-state index in [1.807, 2.05) is 73.9 Å². The minimum atomic E-state index is -0.322. The number of fused-ring (bicyclic) bond motifs is 1. The third-order valence-electron chi connectivity index (χ3n) is 7.02. The van der Waals surface area contributed by atoms with Crippen molar-refractivity contribution in [3.63, 3.8) is 0 Å². The second-order valence-corrected chi connectivity index (χ2v) is 10.3. The van der Waals surface area contributed by atoms with E-state index < -0.39 is 0 Å². The largest absolute Gasteiger partial charge is 0.370 e. The number of amides is 3. The number of nitrogens with zero attached hydrogens (tertiary/aromatic N) is 3. The first-order valence-electron chi connectivity index (χ1n) is 12.0. The maximum atomic E-state index is 13.5. The van der Waals surface area contributed by atoms with Gasteiger partial charge in [-0.25, -0.2) is 0 Å². The number of hydrogen-bond acceptors (Lipinski definition) is 5. The van der Waals surface area contributed by atoms with Crippen LogP contribution in [0.15, 0.2) is 66.0 Å². The van der Waals surface area contributed by atoms with Crippen molar-refractivity contribution in [2.24, 2.45) is 5.92 Å². The molecule has 3 heterocycles. The van der Waals surface area contributed by atoms with Crippen molar-refractivity contribution in [2.45, 2.75) is 32.4 Å². The Bertz CT molecular complexity index is 1240. The Balaban J connectivity index is 1.36. The number of carbonyl (C=O) groups excluding carboxylic acids is 3. The molecule has 35 heavy (non-hydrogen) atoms. The van der Waals surface area contributed by atoms with Crippen LogP contribution in [-0.4, -0.2) is 47.7 Å². The molecule has 1 fully saturated rings. The van der Waals surface area contributed by atoms with Crippen molar-refractivity contribution in [1.29, 1.82) is 0 Å². The van der Waals surface area contributed by atoms with Crippen molar-refractivity contribution < 1.29 is 14.4 Å². The van der Waals surface area contributed by atoms with Crippen molar-refractivity contribution in [3.05, 3.63) is 87.6 Å². The normalized spacial score (nSPS) is 18.5. The fourth-order valence-electron chi connectivity index (χ4n) is 5.20. The Hall–Kier alpha value is -3.45. The average Bonchev–Trinajstić information content (AvgIpc) is 3.51. The van der Waals surface area contributed by atoms with Gasteiger partial charge in [-0.3, -0.25) is 19.3 Å². The van der Waals surface area contributed by atoms with Crippen molar-refractivity contribution in [2.75, 3.05) is 25.0 Å². The van der Waals surface area contributed by atoms with Gasteiger partial charge in [0.15, 0.2) is 0 Å². The molecule has 0 aliphatic carbocycles. The predicted molar refractivity (Wildman–Crippen MR) is 138 cm³/mol. The summed E-state index contributed by atoms with van der Waals surface area (Å²) in [6.45, 7) is 3.76. The van der Waals surface area contributed by atoms with E-state index in [9.17, 15) is 14.4 Å². The summed E-state index contributed by atoms with van der Waals surface area (Å²) in [6.07, 6.45) is 1.68. The van der Waals surface area contributed by atoms with Gasteiger partial charge in [0, 0.05) is 31.6 Å². The first kappa shape index (κ1) is 23.3. The molecule has 180 valence electrons. The van der Waals surface area contributed by atoms with E-state index in [1.165, 1.54) is 4.90 Å². The zero-order valence-electron chi connectivity index (χ0n) is 20.0. The van der Waals surface area contributed by atoms with Gasteiger partial charge in [0.25, 0.3) is 11.8 Å². The summed E-state index contributed by atoms with van der Waals surface area (Å²) in [6, 6.07) is 19.0. The monoisotopic (exact) mass is 487 g/mol. The third-order valence-corrected chi connectivity index (χ3v) is 8.06. The van der Waals surface area contributed by atoms with E-state index in [-0.39, 0.29) is 29.7 Å². The molecule has 0 unspecified atom stereocenters. The van der Waals surface area contributed by atoms with Crippen LogP contribution in [0.4, 0.5) is 5.69 Å². The SMILES string of the molecule is C[C@@H](c1cccs1)N1C(=O)c2cccc(N3CCC[C@H](C(=O)N(C)Cc4ccccc4)C3)c2C1=O. The van der Waals surface area contributed by atoms with Crippen molar-refractivity contribution in [3.8, 4) is 0 Å². The average molecular weight is 488 g/mol. The zero-order valence-corrected chi connectivity index (χ0v) is 20.8. The molecule has 0 radical (unpaired) electrons. The molecule has 0 saturated carbocycles. The molecule has 0 N–H and O–H groups in total. The Labute approximate surface area is 209 Å². The van der Waals surface area contributed by atoms with Gasteiger partial charge in [0.05, 0.1) is 28.8 Å². The molecule has 2 aliphatic rings. The molecular formula is C28H29N3O3S. The lowest BCUT2D eigenvalue weighted by Crippen LogP contribution is -2.44. The first-order chi connectivity index (χ1) is 17.0. The zero-order chi connectivity index (χ0) is 24.5. The van der Waals surface area contributed by atoms with Gasteiger partial charge in [-0.15, -0.1) is 11.3 Å².